The van der Waals surface area contributed by atoms with Crippen LogP contribution in [0.1, 0.15) is 5.56 Å². The number of rotatable bonds is 8. The Morgan fingerprint density at radius 3 is 2.79 bits per heavy atom. The highest BCUT2D eigenvalue weighted by Crippen LogP contribution is 2.29. The van der Waals surface area contributed by atoms with Crippen molar-refractivity contribution in [2.75, 3.05) is 13.7 Å². The number of hydrogen-bond donors (Lipinski definition) is 1. The molecule has 0 saturated carbocycles. The van der Waals surface area contributed by atoms with E-state index in [4.69, 9.17) is 4.74 Å². The molecule has 0 atom stereocenters. The van der Waals surface area contributed by atoms with Crippen LogP contribution < -0.4 is 10.1 Å². The van der Waals surface area contributed by atoms with E-state index in [1.165, 1.54) is 30.7 Å². The molecule has 0 saturated heterocycles. The summed E-state index contributed by atoms with van der Waals surface area (Å²) in [5, 5.41) is 2.97. The zero-order chi connectivity index (χ0) is 20.1. The minimum atomic E-state index is -4.03. The molecule has 0 unspecified atom stereocenters. The Kier molecular flexibility index (Phi) is 5.91. The number of benzene rings is 1. The second-order valence-corrected chi connectivity index (χ2v) is 7.82. The van der Waals surface area contributed by atoms with Gasteiger partial charge in [-0.15, -0.1) is 0 Å². The van der Waals surface area contributed by atoms with E-state index in [1.54, 1.807) is 37.4 Å². The Labute approximate surface area is 163 Å². The molecule has 2 heterocycles. The van der Waals surface area contributed by atoms with Crippen molar-refractivity contribution in [3.8, 4) is 17.0 Å². The predicted octanol–water partition coefficient (Wildman–Crippen LogP) is 3.21. The van der Waals surface area contributed by atoms with Crippen molar-refractivity contribution in [1.82, 2.24) is 14.3 Å². The summed E-state index contributed by atoms with van der Waals surface area (Å²) >= 11 is 0. The zero-order valence-electron chi connectivity index (χ0n) is 15.3. The van der Waals surface area contributed by atoms with Crippen LogP contribution in [0.25, 0.3) is 11.3 Å². The molecule has 0 spiro atoms. The lowest BCUT2D eigenvalue weighted by atomic mass is 10.1. The number of pyridine rings is 1. The summed E-state index contributed by atoms with van der Waals surface area (Å²) in [6.45, 7) is 4.22. The maximum Gasteiger partial charge on any atom is 0.269 e. The first kappa shape index (κ1) is 19.8. The van der Waals surface area contributed by atoms with Crippen molar-refractivity contribution in [2.24, 2.45) is 0 Å². The van der Waals surface area contributed by atoms with Crippen molar-refractivity contribution in [3.63, 3.8) is 0 Å². The fourth-order valence-electron chi connectivity index (χ4n) is 2.75. The SMILES string of the molecule is C=CCOc1cncc(S(=O)(=O)n2cc(CNC)cc2-c2ccccc2F)c1. The van der Waals surface area contributed by atoms with E-state index in [2.05, 4.69) is 16.9 Å². The van der Waals surface area contributed by atoms with Crippen LogP contribution in [0.4, 0.5) is 4.39 Å². The van der Waals surface area contributed by atoms with Gasteiger partial charge in [-0.25, -0.2) is 16.8 Å². The van der Waals surface area contributed by atoms with Gasteiger partial charge in [-0.3, -0.25) is 4.98 Å². The fourth-order valence-corrected chi connectivity index (χ4v) is 4.12. The van der Waals surface area contributed by atoms with Gasteiger partial charge < -0.3 is 10.1 Å². The summed E-state index contributed by atoms with van der Waals surface area (Å²) < 4.78 is 47.4. The number of aromatic nitrogens is 2. The van der Waals surface area contributed by atoms with Gasteiger partial charge in [0, 0.05) is 30.6 Å². The second-order valence-electron chi connectivity index (χ2n) is 6.00. The Morgan fingerprint density at radius 1 is 1.29 bits per heavy atom. The third-order valence-electron chi connectivity index (χ3n) is 3.99. The number of ether oxygens (including phenoxy) is 1. The number of nitrogens with one attached hydrogen (secondary N) is 1. The molecule has 0 bridgehead atoms. The summed E-state index contributed by atoms with van der Waals surface area (Å²) in [4.78, 5) is 3.90. The Hall–Kier alpha value is -2.97. The molecule has 0 aliphatic rings. The first-order valence-corrected chi connectivity index (χ1v) is 9.96. The third-order valence-corrected chi connectivity index (χ3v) is 5.63. The molecule has 6 nitrogen and oxygen atoms in total. The minimum absolute atomic E-state index is 0.0572. The van der Waals surface area contributed by atoms with Crippen molar-refractivity contribution in [1.29, 1.82) is 0 Å². The zero-order valence-corrected chi connectivity index (χ0v) is 16.1. The number of hydrogen-bond acceptors (Lipinski definition) is 5. The summed E-state index contributed by atoms with van der Waals surface area (Å²) in [6.07, 6.45) is 5.68. The van der Waals surface area contributed by atoms with Gasteiger partial charge in [0.15, 0.2) is 0 Å². The lowest BCUT2D eigenvalue weighted by Gasteiger charge is -2.12. The summed E-state index contributed by atoms with van der Waals surface area (Å²) in [7, 11) is -2.28. The van der Waals surface area contributed by atoms with Gasteiger partial charge in [0.1, 0.15) is 23.1 Å². The summed E-state index contributed by atoms with van der Waals surface area (Å²) in [6, 6.07) is 9.08. The molecule has 0 fully saturated rings. The van der Waals surface area contributed by atoms with Crippen LogP contribution in [0.15, 0.2) is 72.5 Å². The van der Waals surface area contributed by atoms with Crippen LogP contribution in [0.5, 0.6) is 5.75 Å². The van der Waals surface area contributed by atoms with Gasteiger partial charge in [-0.05, 0) is 30.8 Å². The molecule has 0 aliphatic heterocycles. The van der Waals surface area contributed by atoms with E-state index >= 15 is 0 Å². The average molecular weight is 401 g/mol. The van der Waals surface area contributed by atoms with E-state index in [-0.39, 0.29) is 22.8 Å². The first-order chi connectivity index (χ1) is 13.5. The largest absolute Gasteiger partial charge is 0.488 e. The molecular formula is C20H20FN3O3S. The van der Waals surface area contributed by atoms with Crippen molar-refractivity contribution < 1.29 is 17.5 Å². The lowest BCUT2D eigenvalue weighted by Crippen LogP contribution is -2.14. The van der Waals surface area contributed by atoms with Crippen LogP contribution in [-0.2, 0) is 16.6 Å². The van der Waals surface area contributed by atoms with Crippen LogP contribution >= 0.6 is 0 Å². The lowest BCUT2D eigenvalue weighted by molar-refractivity contribution is 0.360. The molecule has 8 heteroatoms. The normalized spacial score (nSPS) is 11.4. The molecule has 0 aliphatic carbocycles. The summed E-state index contributed by atoms with van der Waals surface area (Å²) in [5.41, 5.74) is 1.14. The van der Waals surface area contributed by atoms with E-state index in [0.717, 1.165) is 3.97 Å². The molecule has 2 aromatic heterocycles. The molecule has 1 N–H and O–H groups in total. The average Bonchev–Trinajstić information content (AvgIpc) is 3.12. The highest BCUT2D eigenvalue weighted by Gasteiger charge is 2.24. The fraction of sp³-hybridized carbons (Fsp3) is 0.150. The second kappa shape index (κ2) is 8.37. The van der Waals surface area contributed by atoms with E-state index < -0.39 is 15.8 Å². The molecular weight excluding hydrogens is 381 g/mol. The smallest absolute Gasteiger partial charge is 0.269 e. The van der Waals surface area contributed by atoms with Crippen LogP contribution in [0, 0.1) is 5.82 Å². The molecule has 3 rings (SSSR count). The van der Waals surface area contributed by atoms with Gasteiger partial charge in [0.25, 0.3) is 10.0 Å². The van der Waals surface area contributed by atoms with Crippen molar-refractivity contribution in [2.45, 2.75) is 11.4 Å². The Bertz CT molecular complexity index is 1090. The highest BCUT2D eigenvalue weighted by atomic mass is 32.2. The molecule has 3 aromatic rings. The van der Waals surface area contributed by atoms with Gasteiger partial charge in [0.05, 0.1) is 11.9 Å². The summed E-state index contributed by atoms with van der Waals surface area (Å²) in [5.74, 6) is -0.203. The van der Waals surface area contributed by atoms with Gasteiger partial charge in [-0.1, -0.05) is 24.8 Å². The maximum absolute atomic E-state index is 14.4. The third kappa shape index (κ3) is 3.97. The quantitative estimate of drug-likeness (QED) is 0.587. The van der Waals surface area contributed by atoms with E-state index in [1.807, 2.05) is 0 Å². The van der Waals surface area contributed by atoms with E-state index in [9.17, 15) is 12.8 Å². The molecule has 0 amide bonds. The van der Waals surface area contributed by atoms with Crippen LogP contribution in [-0.4, -0.2) is 31.0 Å². The molecule has 0 radical (unpaired) electrons. The van der Waals surface area contributed by atoms with Crippen LogP contribution in [0.3, 0.4) is 0 Å². The molecule has 1 aromatic carbocycles. The monoisotopic (exact) mass is 401 g/mol. The predicted molar refractivity (Wildman–Crippen MR) is 105 cm³/mol. The molecule has 28 heavy (non-hydrogen) atoms. The van der Waals surface area contributed by atoms with Crippen molar-refractivity contribution >= 4 is 10.0 Å². The number of halogens is 1. The highest BCUT2D eigenvalue weighted by molar-refractivity contribution is 7.90. The number of nitrogens with zero attached hydrogens (tertiary/aromatic N) is 2. The van der Waals surface area contributed by atoms with Gasteiger partial charge in [-0.2, -0.15) is 0 Å². The van der Waals surface area contributed by atoms with Gasteiger partial charge >= 0.3 is 0 Å². The minimum Gasteiger partial charge on any atom is -0.488 e. The molecule has 146 valence electrons. The standard InChI is InChI=1S/C20H20FN3O3S/c1-3-8-27-16-10-17(13-23-12-16)28(25,26)24-14-15(11-22-2)9-20(24)18-6-4-5-7-19(18)21/h3-7,9-10,12-14,22H,1,8,11H2,2H3. The van der Waals surface area contributed by atoms with E-state index in [0.29, 0.717) is 17.9 Å². The Morgan fingerprint density at radius 2 is 2.07 bits per heavy atom. The first-order valence-electron chi connectivity index (χ1n) is 8.52. The van der Waals surface area contributed by atoms with Gasteiger partial charge in [0.2, 0.25) is 0 Å². The van der Waals surface area contributed by atoms with Crippen LogP contribution in [0.2, 0.25) is 0 Å². The Balaban J connectivity index is 2.14. The topological polar surface area (TPSA) is 73.2 Å². The van der Waals surface area contributed by atoms with Crippen molar-refractivity contribution in [3.05, 3.63) is 79.0 Å². The maximum atomic E-state index is 14.4.